The second-order valence-electron chi connectivity index (χ2n) is 6.06. The van der Waals surface area contributed by atoms with Gasteiger partial charge in [0, 0.05) is 23.5 Å². The van der Waals surface area contributed by atoms with Gasteiger partial charge in [-0.3, -0.25) is 4.68 Å². The highest BCUT2D eigenvalue weighted by molar-refractivity contribution is 6.09. The van der Waals surface area contributed by atoms with Crippen LogP contribution >= 0.6 is 0 Å². The van der Waals surface area contributed by atoms with Crippen LogP contribution in [0.15, 0.2) is 24.4 Å². The molecule has 110 valence electrons. The molecule has 0 aliphatic heterocycles. The molecule has 1 aromatic carbocycles. The Hall–Kier alpha value is -2.10. The number of nitrogens with zero attached hydrogens (tertiary/aromatic N) is 3. The zero-order chi connectivity index (χ0) is 15.0. The van der Waals surface area contributed by atoms with Gasteiger partial charge in [-0.2, -0.15) is 5.10 Å². The first-order valence-electron chi connectivity index (χ1n) is 7.64. The van der Waals surface area contributed by atoms with Crippen LogP contribution in [0.2, 0.25) is 0 Å². The summed E-state index contributed by atoms with van der Waals surface area (Å²) in [6.45, 7) is 7.53. The first-order valence-corrected chi connectivity index (χ1v) is 7.64. The van der Waals surface area contributed by atoms with Crippen molar-refractivity contribution in [1.29, 1.82) is 0 Å². The zero-order valence-electron chi connectivity index (χ0n) is 12.9. The molecule has 3 aromatic rings. The van der Waals surface area contributed by atoms with Gasteiger partial charge in [0.2, 0.25) is 0 Å². The van der Waals surface area contributed by atoms with Crippen LogP contribution in [0.3, 0.4) is 0 Å². The molecule has 21 heavy (non-hydrogen) atoms. The first kappa shape index (κ1) is 13.9. The van der Waals surface area contributed by atoms with Gasteiger partial charge in [-0.15, -0.1) is 0 Å². The maximum atomic E-state index is 6.10. The number of hydrogen-bond donors (Lipinski definition) is 1. The van der Waals surface area contributed by atoms with Crippen molar-refractivity contribution < 1.29 is 0 Å². The van der Waals surface area contributed by atoms with Gasteiger partial charge in [0.25, 0.3) is 0 Å². The van der Waals surface area contributed by atoms with E-state index in [2.05, 4.69) is 49.2 Å². The molecule has 0 saturated carbocycles. The van der Waals surface area contributed by atoms with Crippen LogP contribution < -0.4 is 5.73 Å². The molecule has 0 unspecified atom stereocenters. The van der Waals surface area contributed by atoms with Crippen molar-refractivity contribution >= 4 is 27.6 Å². The molecule has 2 aromatic heterocycles. The van der Waals surface area contributed by atoms with Crippen LogP contribution in [0.5, 0.6) is 0 Å². The Labute approximate surface area is 125 Å². The Bertz CT molecular complexity index is 786. The van der Waals surface area contributed by atoms with Crippen molar-refractivity contribution in [3.8, 4) is 0 Å². The number of benzene rings is 1. The normalized spacial score (nSPS) is 11.8. The molecule has 0 amide bonds. The Morgan fingerprint density at radius 3 is 2.81 bits per heavy atom. The Balaban J connectivity index is 2.33. The molecule has 0 spiro atoms. The first-order chi connectivity index (χ1) is 10.1. The van der Waals surface area contributed by atoms with Crippen molar-refractivity contribution in [1.82, 2.24) is 14.8 Å². The maximum absolute atomic E-state index is 6.10. The van der Waals surface area contributed by atoms with E-state index in [4.69, 9.17) is 5.73 Å². The van der Waals surface area contributed by atoms with Crippen molar-refractivity contribution in [2.75, 3.05) is 5.73 Å². The topological polar surface area (TPSA) is 56.7 Å². The number of aryl methyl sites for hydroxylation is 1. The van der Waals surface area contributed by atoms with E-state index in [-0.39, 0.29) is 0 Å². The lowest BCUT2D eigenvalue weighted by Crippen LogP contribution is -1.99. The van der Waals surface area contributed by atoms with Crippen molar-refractivity contribution in [2.24, 2.45) is 5.92 Å². The molecule has 0 aliphatic carbocycles. The minimum atomic E-state index is 0.522. The van der Waals surface area contributed by atoms with Crippen molar-refractivity contribution in [2.45, 2.75) is 40.2 Å². The molecule has 4 heteroatoms. The summed E-state index contributed by atoms with van der Waals surface area (Å²) >= 11 is 0. The highest BCUT2D eigenvalue weighted by Crippen LogP contribution is 2.30. The summed E-state index contributed by atoms with van der Waals surface area (Å²) in [4.78, 5) is 4.55. The predicted octanol–water partition coefficient (Wildman–Crippen LogP) is 3.78. The van der Waals surface area contributed by atoms with Gasteiger partial charge in [0.15, 0.2) is 5.82 Å². The fourth-order valence-electron chi connectivity index (χ4n) is 2.92. The Morgan fingerprint density at radius 2 is 2.10 bits per heavy atom. The number of anilines is 1. The highest BCUT2D eigenvalue weighted by Gasteiger charge is 2.14. The van der Waals surface area contributed by atoms with Gasteiger partial charge >= 0.3 is 0 Å². The van der Waals surface area contributed by atoms with Gasteiger partial charge in [-0.25, -0.2) is 4.98 Å². The standard InChI is InChI=1S/C17H22N4/c1-4-8-21-10-13-15-12(9-11(2)3)6-5-7-14(15)19-17(18)16(13)20-21/h5-7,10-11H,4,8-9H2,1-3H3,(H2,18,19). The average molecular weight is 282 g/mol. The van der Waals surface area contributed by atoms with E-state index in [0.29, 0.717) is 11.7 Å². The fraction of sp³-hybridized carbons (Fsp3) is 0.412. The molecule has 0 aliphatic rings. The van der Waals surface area contributed by atoms with Crippen LogP contribution in [0, 0.1) is 5.92 Å². The lowest BCUT2D eigenvalue weighted by molar-refractivity contribution is 0.609. The molecule has 4 nitrogen and oxygen atoms in total. The molecular weight excluding hydrogens is 260 g/mol. The second kappa shape index (κ2) is 5.35. The van der Waals surface area contributed by atoms with Crippen molar-refractivity contribution in [3.63, 3.8) is 0 Å². The summed E-state index contributed by atoms with van der Waals surface area (Å²) in [6, 6.07) is 6.29. The number of pyridine rings is 1. The molecule has 2 heterocycles. The van der Waals surface area contributed by atoms with Gasteiger partial charge in [-0.1, -0.05) is 32.9 Å². The average Bonchev–Trinajstić information content (AvgIpc) is 2.83. The van der Waals surface area contributed by atoms with E-state index in [0.717, 1.165) is 35.8 Å². The third kappa shape index (κ3) is 2.46. The molecule has 0 saturated heterocycles. The lowest BCUT2D eigenvalue weighted by Gasteiger charge is -2.10. The molecule has 0 radical (unpaired) electrons. The molecule has 0 fully saturated rings. The SMILES string of the molecule is CCCn1cc2c(n1)c(N)nc1cccc(CC(C)C)c12. The van der Waals surface area contributed by atoms with Crippen LogP contribution in [0.25, 0.3) is 21.8 Å². The third-order valence-corrected chi connectivity index (χ3v) is 3.72. The minimum Gasteiger partial charge on any atom is -0.382 e. The van der Waals surface area contributed by atoms with E-state index in [1.54, 1.807) is 0 Å². The number of nitrogen functional groups attached to an aromatic ring is 1. The van der Waals surface area contributed by atoms with E-state index in [1.807, 2.05) is 10.7 Å². The smallest absolute Gasteiger partial charge is 0.152 e. The molecule has 3 rings (SSSR count). The third-order valence-electron chi connectivity index (χ3n) is 3.72. The minimum absolute atomic E-state index is 0.522. The van der Waals surface area contributed by atoms with E-state index >= 15 is 0 Å². The predicted molar refractivity (Wildman–Crippen MR) is 88.3 cm³/mol. The highest BCUT2D eigenvalue weighted by atomic mass is 15.3. The van der Waals surface area contributed by atoms with Gasteiger partial charge in [0.05, 0.1) is 5.52 Å². The zero-order valence-corrected chi connectivity index (χ0v) is 12.9. The number of aromatic nitrogens is 3. The van der Waals surface area contributed by atoms with E-state index < -0.39 is 0 Å². The number of rotatable bonds is 4. The molecule has 0 bridgehead atoms. The van der Waals surface area contributed by atoms with Crippen LogP contribution in [-0.2, 0) is 13.0 Å². The summed E-state index contributed by atoms with van der Waals surface area (Å²) in [5.74, 6) is 1.13. The fourth-order valence-corrected chi connectivity index (χ4v) is 2.92. The van der Waals surface area contributed by atoms with E-state index in [9.17, 15) is 0 Å². The van der Waals surface area contributed by atoms with Gasteiger partial charge in [0.1, 0.15) is 5.52 Å². The Morgan fingerprint density at radius 1 is 1.29 bits per heavy atom. The monoisotopic (exact) mass is 282 g/mol. The number of nitrogens with two attached hydrogens (primary N) is 1. The summed E-state index contributed by atoms with van der Waals surface area (Å²) in [5, 5.41) is 6.93. The largest absolute Gasteiger partial charge is 0.382 e. The van der Waals surface area contributed by atoms with Crippen LogP contribution in [0.1, 0.15) is 32.8 Å². The van der Waals surface area contributed by atoms with Gasteiger partial charge in [-0.05, 0) is 30.4 Å². The number of fused-ring (bicyclic) bond motifs is 3. The maximum Gasteiger partial charge on any atom is 0.152 e. The summed E-state index contributed by atoms with van der Waals surface area (Å²) in [5.41, 5.74) is 9.22. The molecule has 0 atom stereocenters. The van der Waals surface area contributed by atoms with Crippen LogP contribution in [0.4, 0.5) is 5.82 Å². The Kier molecular flexibility index (Phi) is 3.53. The van der Waals surface area contributed by atoms with E-state index in [1.165, 1.54) is 10.9 Å². The summed E-state index contributed by atoms with van der Waals surface area (Å²) in [6.07, 6.45) is 4.21. The molecule has 2 N–H and O–H groups in total. The second-order valence-corrected chi connectivity index (χ2v) is 6.06. The molecular formula is C17H22N4. The lowest BCUT2D eigenvalue weighted by atomic mass is 9.97. The quantitative estimate of drug-likeness (QED) is 0.792. The van der Waals surface area contributed by atoms with Crippen molar-refractivity contribution in [3.05, 3.63) is 30.0 Å². The summed E-state index contributed by atoms with van der Waals surface area (Å²) < 4.78 is 1.98. The van der Waals surface area contributed by atoms with Gasteiger partial charge < -0.3 is 5.73 Å². The number of hydrogen-bond acceptors (Lipinski definition) is 3. The summed E-state index contributed by atoms with van der Waals surface area (Å²) in [7, 11) is 0. The van der Waals surface area contributed by atoms with Crippen LogP contribution in [-0.4, -0.2) is 14.8 Å².